The van der Waals surface area contributed by atoms with Crippen molar-refractivity contribution in [3.63, 3.8) is 0 Å². The van der Waals surface area contributed by atoms with Gasteiger partial charge in [0, 0.05) is 38.6 Å². The van der Waals surface area contributed by atoms with Gasteiger partial charge in [0.1, 0.15) is 0 Å². The van der Waals surface area contributed by atoms with Crippen LogP contribution in [0.15, 0.2) is 0 Å². The van der Waals surface area contributed by atoms with Crippen LogP contribution in [0, 0.1) is 5.92 Å². The third-order valence-electron chi connectivity index (χ3n) is 4.24. The van der Waals surface area contributed by atoms with E-state index in [-0.39, 0.29) is 42.2 Å². The van der Waals surface area contributed by atoms with Gasteiger partial charge >= 0.3 is 0 Å². The van der Waals surface area contributed by atoms with Gasteiger partial charge in [-0.2, -0.15) is 0 Å². The van der Waals surface area contributed by atoms with E-state index >= 15 is 0 Å². The van der Waals surface area contributed by atoms with Gasteiger partial charge in [-0.05, 0) is 19.8 Å². The molecule has 1 heterocycles. The standard InChI is InChI=1S/C14H27N3O2.ClH/c1-5-12(6-2)17-9-11(7-13(17)18)14(19)16(4)10(3)8-15;/h10-12H,5-9,15H2,1-4H3;1H. The molecule has 6 heteroatoms. The smallest absolute Gasteiger partial charge is 0.228 e. The van der Waals surface area contributed by atoms with Crippen LogP contribution in [0.1, 0.15) is 40.0 Å². The molecule has 20 heavy (non-hydrogen) atoms. The summed E-state index contributed by atoms with van der Waals surface area (Å²) in [6.07, 6.45) is 2.23. The number of likely N-dealkylation sites (N-methyl/N-ethyl adjacent to an activating group) is 1. The first-order chi connectivity index (χ1) is 8.96. The van der Waals surface area contributed by atoms with Crippen molar-refractivity contribution in [2.45, 2.75) is 52.1 Å². The SMILES string of the molecule is CCC(CC)N1CC(C(=O)N(C)C(C)CN)CC1=O.Cl. The molecule has 0 aromatic carbocycles. The normalized spacial score (nSPS) is 20.0. The predicted molar refractivity (Wildman–Crippen MR) is 82.7 cm³/mol. The maximum Gasteiger partial charge on any atom is 0.228 e. The monoisotopic (exact) mass is 305 g/mol. The largest absolute Gasteiger partial charge is 0.341 e. The van der Waals surface area contributed by atoms with Crippen molar-refractivity contribution in [2.75, 3.05) is 20.1 Å². The molecule has 1 rings (SSSR count). The molecular formula is C14H28ClN3O2. The Labute approximate surface area is 128 Å². The van der Waals surface area contributed by atoms with Gasteiger partial charge in [0.15, 0.2) is 0 Å². The molecule has 0 saturated carbocycles. The van der Waals surface area contributed by atoms with Crippen molar-refractivity contribution in [1.29, 1.82) is 0 Å². The molecule has 1 aliphatic rings. The minimum atomic E-state index is -0.202. The number of carbonyl (C=O) groups is 2. The number of hydrogen-bond acceptors (Lipinski definition) is 3. The van der Waals surface area contributed by atoms with E-state index in [2.05, 4.69) is 13.8 Å². The molecule has 0 radical (unpaired) electrons. The van der Waals surface area contributed by atoms with Crippen LogP contribution in [-0.4, -0.2) is 53.8 Å². The second-order valence-electron chi connectivity index (χ2n) is 5.45. The molecule has 2 unspecified atom stereocenters. The molecule has 2 N–H and O–H groups in total. The molecule has 2 amide bonds. The van der Waals surface area contributed by atoms with Crippen molar-refractivity contribution in [2.24, 2.45) is 11.7 Å². The molecule has 118 valence electrons. The zero-order chi connectivity index (χ0) is 14.6. The lowest BCUT2D eigenvalue weighted by Gasteiger charge is -2.28. The van der Waals surface area contributed by atoms with Gasteiger partial charge in [-0.25, -0.2) is 0 Å². The molecular weight excluding hydrogens is 278 g/mol. The van der Waals surface area contributed by atoms with Crippen molar-refractivity contribution < 1.29 is 9.59 Å². The summed E-state index contributed by atoms with van der Waals surface area (Å²) in [5.41, 5.74) is 5.58. The van der Waals surface area contributed by atoms with Crippen molar-refractivity contribution in [1.82, 2.24) is 9.80 Å². The van der Waals surface area contributed by atoms with Gasteiger partial charge in [0.05, 0.1) is 5.92 Å². The number of halogens is 1. The molecule has 1 aliphatic heterocycles. The summed E-state index contributed by atoms with van der Waals surface area (Å²) < 4.78 is 0. The Hall–Kier alpha value is -0.810. The number of likely N-dealkylation sites (tertiary alicyclic amines) is 1. The van der Waals surface area contributed by atoms with Crippen LogP contribution < -0.4 is 5.73 Å². The van der Waals surface area contributed by atoms with Gasteiger partial charge in [-0.1, -0.05) is 13.8 Å². The quantitative estimate of drug-likeness (QED) is 0.803. The Kier molecular flexibility index (Phi) is 8.13. The lowest BCUT2D eigenvalue weighted by atomic mass is 10.1. The lowest BCUT2D eigenvalue weighted by Crippen LogP contribution is -2.44. The highest BCUT2D eigenvalue weighted by Gasteiger charge is 2.38. The summed E-state index contributed by atoms with van der Waals surface area (Å²) in [6.45, 7) is 7.09. The summed E-state index contributed by atoms with van der Waals surface area (Å²) in [4.78, 5) is 27.9. The minimum absolute atomic E-state index is 0. The van der Waals surface area contributed by atoms with Gasteiger partial charge < -0.3 is 15.5 Å². The van der Waals surface area contributed by atoms with E-state index < -0.39 is 0 Å². The fraction of sp³-hybridized carbons (Fsp3) is 0.857. The number of nitrogens with zero attached hydrogens (tertiary/aromatic N) is 2. The van der Waals surface area contributed by atoms with E-state index in [0.29, 0.717) is 19.5 Å². The van der Waals surface area contributed by atoms with E-state index in [9.17, 15) is 9.59 Å². The van der Waals surface area contributed by atoms with Gasteiger partial charge in [0.25, 0.3) is 0 Å². The molecule has 5 nitrogen and oxygen atoms in total. The molecule has 1 fully saturated rings. The molecule has 2 atom stereocenters. The van der Waals surface area contributed by atoms with Crippen LogP contribution in [0.3, 0.4) is 0 Å². The summed E-state index contributed by atoms with van der Waals surface area (Å²) in [7, 11) is 1.77. The Bertz CT molecular complexity index is 334. The van der Waals surface area contributed by atoms with Crippen molar-refractivity contribution in [3.8, 4) is 0 Å². The molecule has 1 saturated heterocycles. The second kappa shape index (κ2) is 8.47. The summed E-state index contributed by atoms with van der Waals surface area (Å²) in [5.74, 6) is -0.0484. The Morgan fingerprint density at radius 3 is 2.45 bits per heavy atom. The van der Waals surface area contributed by atoms with Gasteiger partial charge in [0.2, 0.25) is 11.8 Å². The Morgan fingerprint density at radius 2 is 2.00 bits per heavy atom. The highest BCUT2D eigenvalue weighted by molar-refractivity contribution is 5.89. The predicted octanol–water partition coefficient (Wildman–Crippen LogP) is 1.25. The fourth-order valence-electron chi connectivity index (χ4n) is 2.64. The lowest BCUT2D eigenvalue weighted by molar-refractivity contribution is -0.136. The van der Waals surface area contributed by atoms with Gasteiger partial charge in [-0.15, -0.1) is 12.4 Å². The highest BCUT2D eigenvalue weighted by Crippen LogP contribution is 2.24. The molecule has 0 spiro atoms. The Morgan fingerprint density at radius 1 is 1.45 bits per heavy atom. The van der Waals surface area contributed by atoms with Gasteiger partial charge in [-0.3, -0.25) is 9.59 Å². The number of rotatable bonds is 6. The third-order valence-corrected chi connectivity index (χ3v) is 4.24. The van der Waals surface area contributed by atoms with Crippen LogP contribution in [-0.2, 0) is 9.59 Å². The molecule has 0 aromatic rings. The van der Waals surface area contributed by atoms with E-state index in [1.54, 1.807) is 11.9 Å². The molecule has 0 aromatic heterocycles. The number of hydrogen-bond donors (Lipinski definition) is 1. The maximum absolute atomic E-state index is 12.3. The number of carbonyl (C=O) groups excluding carboxylic acids is 2. The topological polar surface area (TPSA) is 66.6 Å². The zero-order valence-corrected chi connectivity index (χ0v) is 13.8. The average Bonchev–Trinajstić information content (AvgIpc) is 2.80. The fourth-order valence-corrected chi connectivity index (χ4v) is 2.64. The second-order valence-corrected chi connectivity index (χ2v) is 5.45. The van der Waals surface area contributed by atoms with Crippen LogP contribution >= 0.6 is 12.4 Å². The minimum Gasteiger partial charge on any atom is -0.341 e. The average molecular weight is 306 g/mol. The first-order valence-corrected chi connectivity index (χ1v) is 7.22. The van der Waals surface area contributed by atoms with E-state index in [4.69, 9.17) is 5.73 Å². The Balaban J connectivity index is 0.00000361. The highest BCUT2D eigenvalue weighted by atomic mass is 35.5. The first-order valence-electron chi connectivity index (χ1n) is 7.22. The third kappa shape index (κ3) is 4.09. The summed E-state index contributed by atoms with van der Waals surface area (Å²) in [6, 6.07) is 0.285. The van der Waals surface area contributed by atoms with Crippen molar-refractivity contribution in [3.05, 3.63) is 0 Å². The summed E-state index contributed by atoms with van der Waals surface area (Å²) >= 11 is 0. The maximum atomic E-state index is 12.3. The zero-order valence-electron chi connectivity index (χ0n) is 13.0. The molecule has 0 aliphatic carbocycles. The number of nitrogens with two attached hydrogens (primary N) is 1. The van der Waals surface area contributed by atoms with Crippen LogP contribution in [0.2, 0.25) is 0 Å². The van der Waals surface area contributed by atoms with Crippen LogP contribution in [0.5, 0.6) is 0 Å². The molecule has 0 bridgehead atoms. The number of amides is 2. The van der Waals surface area contributed by atoms with E-state index in [1.807, 2.05) is 11.8 Å². The first kappa shape index (κ1) is 19.2. The van der Waals surface area contributed by atoms with Crippen LogP contribution in [0.4, 0.5) is 0 Å². The van der Waals surface area contributed by atoms with Crippen molar-refractivity contribution >= 4 is 24.2 Å². The van der Waals surface area contributed by atoms with E-state index in [1.165, 1.54) is 0 Å². The van der Waals surface area contributed by atoms with E-state index in [0.717, 1.165) is 12.8 Å². The summed E-state index contributed by atoms with van der Waals surface area (Å²) in [5, 5.41) is 0. The van der Waals surface area contributed by atoms with Crippen LogP contribution in [0.25, 0.3) is 0 Å².